The summed E-state index contributed by atoms with van der Waals surface area (Å²) >= 11 is 0. The summed E-state index contributed by atoms with van der Waals surface area (Å²) in [6, 6.07) is 7.67. The molecule has 0 aromatic heterocycles. The molecule has 2 aliphatic carbocycles. The first-order valence-electron chi connectivity index (χ1n) is 8.93. The molecule has 0 radical (unpaired) electrons. The molecule has 0 aliphatic heterocycles. The highest BCUT2D eigenvalue weighted by Crippen LogP contribution is 2.50. The molecule has 130 valence electrons. The van der Waals surface area contributed by atoms with Gasteiger partial charge in [-0.25, -0.2) is 0 Å². The zero-order valence-electron chi connectivity index (χ0n) is 15.2. The van der Waals surface area contributed by atoms with Crippen molar-refractivity contribution in [2.45, 2.75) is 52.6 Å². The molecular weight excluding hydrogens is 300 g/mol. The van der Waals surface area contributed by atoms with Crippen molar-refractivity contribution in [2.75, 3.05) is 7.11 Å². The Hall–Kier alpha value is -1.77. The fourth-order valence-electron chi connectivity index (χ4n) is 4.09. The Labute approximate surface area is 145 Å². The SMILES string of the molecule is COc1ccc(O[C@@H]2/C=C3/CC[C@H](CC(=O)C[C@H]2C)C3(C)C)cc1. The summed E-state index contributed by atoms with van der Waals surface area (Å²) in [5.41, 5.74) is 1.55. The lowest BCUT2D eigenvalue weighted by Crippen LogP contribution is -2.25. The van der Waals surface area contributed by atoms with Crippen LogP contribution < -0.4 is 9.47 Å². The van der Waals surface area contributed by atoms with Crippen molar-refractivity contribution in [3.05, 3.63) is 35.9 Å². The monoisotopic (exact) mass is 328 g/mol. The first kappa shape index (κ1) is 17.1. The van der Waals surface area contributed by atoms with Crippen molar-refractivity contribution in [3.8, 4) is 11.5 Å². The number of fused-ring (bicyclic) bond motifs is 2. The molecule has 0 unspecified atom stereocenters. The van der Waals surface area contributed by atoms with Gasteiger partial charge in [0.15, 0.2) is 0 Å². The van der Waals surface area contributed by atoms with E-state index in [-0.39, 0.29) is 17.4 Å². The van der Waals surface area contributed by atoms with Crippen LogP contribution in [0.3, 0.4) is 0 Å². The second-order valence-electron chi connectivity index (χ2n) is 7.83. The fourth-order valence-corrected chi connectivity index (χ4v) is 4.09. The second kappa shape index (κ2) is 6.62. The average molecular weight is 328 g/mol. The van der Waals surface area contributed by atoms with Crippen molar-refractivity contribution >= 4 is 5.78 Å². The van der Waals surface area contributed by atoms with Crippen molar-refractivity contribution in [3.63, 3.8) is 0 Å². The average Bonchev–Trinajstić information content (AvgIpc) is 2.82. The van der Waals surface area contributed by atoms with Crippen LogP contribution in [0.2, 0.25) is 0 Å². The van der Waals surface area contributed by atoms with Crippen molar-refractivity contribution in [1.29, 1.82) is 0 Å². The number of carbonyl (C=O) groups is 1. The predicted molar refractivity (Wildman–Crippen MR) is 95.4 cm³/mol. The van der Waals surface area contributed by atoms with E-state index in [1.165, 1.54) is 5.57 Å². The summed E-state index contributed by atoms with van der Waals surface area (Å²) in [6.45, 7) is 6.68. The van der Waals surface area contributed by atoms with Crippen LogP contribution in [0.4, 0.5) is 0 Å². The standard InChI is InChI=1S/C21H28O3/c1-14-11-17(22)12-15-5-6-16(21(15,2)3)13-20(14)24-19-9-7-18(23-4)8-10-19/h7-10,13-15,20H,5-6,11-12H2,1-4H3/b16-13-/t14-,15-,20-/m1/s1. The number of hydrogen-bond acceptors (Lipinski definition) is 3. The minimum atomic E-state index is -0.0616. The Morgan fingerprint density at radius 2 is 1.75 bits per heavy atom. The van der Waals surface area contributed by atoms with Gasteiger partial charge in [-0.1, -0.05) is 26.3 Å². The topological polar surface area (TPSA) is 35.5 Å². The van der Waals surface area contributed by atoms with Gasteiger partial charge in [-0.05, 0) is 54.5 Å². The van der Waals surface area contributed by atoms with E-state index in [9.17, 15) is 4.79 Å². The van der Waals surface area contributed by atoms with Gasteiger partial charge in [-0.15, -0.1) is 0 Å². The van der Waals surface area contributed by atoms with E-state index in [2.05, 4.69) is 26.8 Å². The third-order valence-electron chi connectivity index (χ3n) is 5.89. The molecule has 0 saturated heterocycles. The molecule has 3 nitrogen and oxygen atoms in total. The smallest absolute Gasteiger partial charge is 0.133 e. The quantitative estimate of drug-likeness (QED) is 0.747. The summed E-state index contributed by atoms with van der Waals surface area (Å²) in [4.78, 5) is 12.5. The highest BCUT2D eigenvalue weighted by Gasteiger charge is 2.41. The summed E-state index contributed by atoms with van der Waals surface area (Å²) in [5, 5.41) is 0. The molecule has 1 aromatic carbocycles. The van der Waals surface area contributed by atoms with Gasteiger partial charge in [-0.2, -0.15) is 0 Å². The van der Waals surface area contributed by atoms with Crippen LogP contribution in [-0.2, 0) is 4.79 Å². The van der Waals surface area contributed by atoms with Gasteiger partial charge < -0.3 is 9.47 Å². The van der Waals surface area contributed by atoms with Crippen molar-refractivity contribution in [1.82, 2.24) is 0 Å². The van der Waals surface area contributed by atoms with E-state index in [1.54, 1.807) is 7.11 Å². The number of allylic oxidation sites excluding steroid dienone is 1. The Bertz CT molecular complexity index is 627. The first-order valence-corrected chi connectivity index (χ1v) is 8.93. The van der Waals surface area contributed by atoms with Crippen LogP contribution in [0.1, 0.15) is 46.5 Å². The van der Waals surface area contributed by atoms with Gasteiger partial charge in [0, 0.05) is 18.8 Å². The summed E-state index contributed by atoms with van der Waals surface area (Å²) in [7, 11) is 1.66. The molecule has 2 aliphatic rings. The number of Topliss-reactive ketones (excluding diaryl/α,β-unsaturated/α-hetero) is 1. The molecule has 2 bridgehead atoms. The maximum Gasteiger partial charge on any atom is 0.133 e. The Morgan fingerprint density at radius 3 is 2.42 bits per heavy atom. The van der Waals surface area contributed by atoms with Gasteiger partial charge in [0.2, 0.25) is 0 Å². The minimum Gasteiger partial charge on any atom is -0.497 e. The molecule has 1 saturated carbocycles. The molecule has 3 heteroatoms. The molecular formula is C21H28O3. The van der Waals surface area contributed by atoms with E-state index in [4.69, 9.17) is 9.47 Å². The van der Waals surface area contributed by atoms with E-state index in [0.29, 0.717) is 24.5 Å². The van der Waals surface area contributed by atoms with Crippen molar-refractivity contribution in [2.24, 2.45) is 17.3 Å². The lowest BCUT2D eigenvalue weighted by molar-refractivity contribution is -0.121. The lowest BCUT2D eigenvalue weighted by Gasteiger charge is -2.28. The zero-order valence-corrected chi connectivity index (χ0v) is 15.2. The zero-order chi connectivity index (χ0) is 17.3. The van der Waals surface area contributed by atoms with Crippen LogP contribution in [0.15, 0.2) is 35.9 Å². The first-order chi connectivity index (χ1) is 11.4. The van der Waals surface area contributed by atoms with Crippen molar-refractivity contribution < 1.29 is 14.3 Å². The van der Waals surface area contributed by atoms with Crippen LogP contribution in [0.5, 0.6) is 11.5 Å². The number of benzene rings is 1. The van der Waals surface area contributed by atoms with Crippen LogP contribution in [0.25, 0.3) is 0 Å². The maximum atomic E-state index is 12.5. The molecule has 3 atom stereocenters. The van der Waals surface area contributed by atoms with Gasteiger partial charge in [-0.3, -0.25) is 4.79 Å². The second-order valence-corrected chi connectivity index (χ2v) is 7.83. The Balaban J connectivity index is 1.88. The molecule has 1 fully saturated rings. The van der Waals surface area contributed by atoms with Crippen LogP contribution >= 0.6 is 0 Å². The van der Waals surface area contributed by atoms with E-state index >= 15 is 0 Å². The lowest BCUT2D eigenvalue weighted by atomic mass is 9.76. The molecule has 1 aromatic rings. The third kappa shape index (κ3) is 3.35. The normalized spacial score (nSPS) is 31.4. The molecule has 24 heavy (non-hydrogen) atoms. The number of ketones is 1. The largest absolute Gasteiger partial charge is 0.497 e. The van der Waals surface area contributed by atoms with Gasteiger partial charge in [0.1, 0.15) is 23.4 Å². The highest BCUT2D eigenvalue weighted by molar-refractivity contribution is 5.79. The van der Waals surface area contributed by atoms with Gasteiger partial charge in [0.05, 0.1) is 7.11 Å². The molecule has 0 amide bonds. The van der Waals surface area contributed by atoms with E-state index < -0.39 is 0 Å². The fraction of sp³-hybridized carbons (Fsp3) is 0.571. The minimum absolute atomic E-state index is 0.0616. The number of methoxy groups -OCH3 is 1. The van der Waals surface area contributed by atoms with E-state index in [1.807, 2.05) is 24.3 Å². The van der Waals surface area contributed by atoms with Gasteiger partial charge in [0.25, 0.3) is 0 Å². The molecule has 0 spiro atoms. The Morgan fingerprint density at radius 1 is 1.08 bits per heavy atom. The summed E-state index contributed by atoms with van der Waals surface area (Å²) in [6.07, 6.45) is 5.75. The molecule has 3 rings (SSSR count). The van der Waals surface area contributed by atoms with Gasteiger partial charge >= 0.3 is 0 Å². The molecule has 0 heterocycles. The number of rotatable bonds is 3. The maximum absolute atomic E-state index is 12.5. The molecule has 0 N–H and O–H groups in total. The highest BCUT2D eigenvalue weighted by atomic mass is 16.5. The van der Waals surface area contributed by atoms with Crippen LogP contribution in [-0.4, -0.2) is 19.0 Å². The number of carbonyl (C=O) groups excluding carboxylic acids is 1. The van der Waals surface area contributed by atoms with E-state index in [0.717, 1.165) is 24.3 Å². The third-order valence-corrected chi connectivity index (χ3v) is 5.89. The summed E-state index contributed by atoms with van der Waals surface area (Å²) in [5.74, 6) is 2.67. The summed E-state index contributed by atoms with van der Waals surface area (Å²) < 4.78 is 11.5. The Kier molecular flexibility index (Phi) is 4.71. The number of ether oxygens (including phenoxy) is 2. The van der Waals surface area contributed by atoms with Crippen LogP contribution in [0, 0.1) is 17.3 Å². The number of hydrogen-bond donors (Lipinski definition) is 0. The predicted octanol–water partition coefficient (Wildman–Crippen LogP) is 4.80.